The molecular weight excluding hydrogens is 5090 g/mol. The fourth-order valence-electron chi connectivity index (χ4n) is 0.548. The predicted molar refractivity (Wildman–Crippen MR) is 553 cm³/mol. The number of hydrogen-bond donors (Lipinski definition) is 0. The second-order valence-corrected chi connectivity index (χ2v) is 933. The number of rotatable bonds is 19. The van der Waals surface area contributed by atoms with Crippen LogP contribution in [0.3, 0.4) is 0 Å². The van der Waals surface area contributed by atoms with Gasteiger partial charge in [-0.25, -0.2) is 0 Å². The third-order valence-electron chi connectivity index (χ3n) is 1.53. The van der Waals surface area contributed by atoms with Crippen molar-refractivity contribution in [3.05, 3.63) is 0 Å². The zero-order chi connectivity index (χ0) is 32.7. The van der Waals surface area contributed by atoms with Crippen LogP contribution in [0.25, 0.3) is 0 Å². The van der Waals surface area contributed by atoms with Gasteiger partial charge in [0, 0.05) is 0 Å². The molecule has 41 heavy (non-hydrogen) atoms. The van der Waals surface area contributed by atoms with E-state index in [2.05, 4.69) is 372 Å². The Morgan fingerprint density at radius 3 is 0.537 bits per heavy atom. The maximum absolute atomic E-state index is 6.34. The molecule has 0 aromatic carbocycles. The van der Waals surface area contributed by atoms with Crippen molar-refractivity contribution in [2.75, 3.05) is 0 Å². The second-order valence-electron chi connectivity index (χ2n) is 3.16. The van der Waals surface area contributed by atoms with Gasteiger partial charge in [-0.05, 0) is 0 Å². The molecule has 0 aliphatic carbocycles. The van der Waals surface area contributed by atoms with Crippen LogP contribution in [0.5, 0.6) is 0 Å². The third-order valence-corrected chi connectivity index (χ3v) is 2990. The molecule has 0 aromatic rings. The van der Waals surface area contributed by atoms with E-state index in [0.717, 1.165) is 0 Å². The molecule has 2 radical (unpaired) electrons. The molecule has 284 valence electrons. The molecule has 0 saturated heterocycles. The molecule has 0 unspecified atom stereocenters. The predicted octanol–water partition coefficient (Wildman–Crippen LogP) is 31.2. The standard InChI is InChI=1S/BI40/c1-22-24(4)26(6)28(8)30(10)32(12)34(14)36(16)38(18)40(20)41(21)39(19)37(17)35(15)33(13)31(11)29(9)27(7)25(5)23(2)3/q-1. The summed E-state index contributed by atoms with van der Waals surface area (Å²) in [5.41, 5.74) is 6.34. The Hall–Kier alpha value is 29.3. The molecule has 0 spiro atoms. The molecule has 41 heteroatoms. The van der Waals surface area contributed by atoms with E-state index in [-0.39, 0.29) is 17.0 Å². The van der Waals surface area contributed by atoms with Gasteiger partial charge < -0.3 is 0 Å². The van der Waals surface area contributed by atoms with Crippen LogP contribution in [0.4, 0.5) is 0 Å². The van der Waals surface area contributed by atoms with E-state index >= 15 is 0 Å². The van der Waals surface area contributed by atoms with Crippen LogP contribution in [-0.2, 0) is 0 Å². The fraction of sp³-hybridized carbons (Fsp3) is 0. The molecular formula is BI40-. The molecule has 0 rings (SSSR count). The minimum absolute atomic E-state index is 0.164. The normalized spacial score (nSPS) is 18.6. The Labute approximate surface area is 513 Å². The van der Waals surface area contributed by atoms with Crippen molar-refractivity contribution in [3.63, 3.8) is 0 Å². The van der Waals surface area contributed by atoms with E-state index in [9.17, 15) is 0 Å². The van der Waals surface area contributed by atoms with E-state index in [1.165, 1.54) is 0 Å². The summed E-state index contributed by atoms with van der Waals surface area (Å²) in [6.07, 6.45) is 0. The van der Waals surface area contributed by atoms with Crippen LogP contribution in [0.2, 0.25) is 0 Å². The van der Waals surface area contributed by atoms with Gasteiger partial charge in [-0.15, -0.1) is 0 Å². The second kappa shape index (κ2) is 42.4. The summed E-state index contributed by atoms with van der Waals surface area (Å²) >= 11 is 64.7. The summed E-state index contributed by atoms with van der Waals surface area (Å²) in [5.74, 6) is 0. The van der Waals surface area contributed by atoms with Gasteiger partial charge in [-0.2, -0.15) is 0 Å². The van der Waals surface area contributed by atoms with Crippen LogP contribution in [0.15, 0.2) is 0 Å². The summed E-state index contributed by atoms with van der Waals surface area (Å²) in [4.78, 5) is 0. The van der Waals surface area contributed by atoms with Crippen molar-refractivity contribution >= 4 is 528 Å². The van der Waals surface area contributed by atoms with Crippen LogP contribution in [0, 0.1) is 0 Å². The Balaban J connectivity index is 5.42. The average molecular weight is 5090 g/mol. The topological polar surface area (TPSA) is 0 Å². The zero-order valence-electron chi connectivity index (χ0n) is 15.7. The van der Waals surface area contributed by atoms with E-state index in [1.54, 1.807) is 0 Å². The molecule has 0 amide bonds. The van der Waals surface area contributed by atoms with Crippen molar-refractivity contribution in [2.45, 2.75) is 0 Å². The fourth-order valence-corrected chi connectivity index (χ4v) is 7170. The average Bonchev–Trinajstić information content (AvgIpc) is 2.97. The van der Waals surface area contributed by atoms with Crippen molar-refractivity contribution in [1.29, 1.82) is 0 Å². The summed E-state index contributed by atoms with van der Waals surface area (Å²) in [7, 11) is -10.1. The Bertz CT molecular complexity index is 684. The van der Waals surface area contributed by atoms with Crippen LogP contribution < -0.4 is 17.0 Å². The van der Waals surface area contributed by atoms with Gasteiger partial charge in [0.15, 0.2) is 0 Å². The zero-order valence-corrected chi connectivity index (χ0v) is 102. The molecule has 0 atom stereocenters. The van der Waals surface area contributed by atoms with E-state index in [1.807, 2.05) is 0 Å². The summed E-state index contributed by atoms with van der Waals surface area (Å²) in [6.45, 7) is 0. The molecule has 0 N–H and O–H groups in total. The molecule has 0 saturated carbocycles. The van der Waals surface area contributed by atoms with Gasteiger partial charge in [0.2, 0.25) is 0 Å². The minimum atomic E-state index is -0.594. The Kier molecular flexibility index (Phi) is 72.6. The van der Waals surface area contributed by atoms with Gasteiger partial charge in [-0.1, -0.05) is 0 Å². The van der Waals surface area contributed by atoms with Gasteiger partial charge in [-0.3, -0.25) is 0 Å². The van der Waals surface area contributed by atoms with E-state index in [0.29, 0.717) is 0 Å². The molecule has 0 aromatic heterocycles. The molecule has 0 aliphatic heterocycles. The Morgan fingerprint density at radius 2 is 0.390 bits per heavy atom. The third kappa shape index (κ3) is 29.4. The van der Waals surface area contributed by atoms with Crippen molar-refractivity contribution in [3.8, 4) is 0 Å². The van der Waals surface area contributed by atoms with Crippen LogP contribution in [-0.4, -0.2) is 5.70 Å². The first kappa shape index (κ1) is 70.3. The Morgan fingerprint density at radius 1 is 0.244 bits per heavy atom. The van der Waals surface area contributed by atoms with Gasteiger partial charge in [0.1, 0.15) is 0 Å². The van der Waals surface area contributed by atoms with Gasteiger partial charge in [0.05, 0.1) is 0 Å². The van der Waals surface area contributed by atoms with Gasteiger partial charge >= 0.3 is 545 Å². The quantitative estimate of drug-likeness (QED) is 0.0893. The molecule has 0 aliphatic rings. The van der Waals surface area contributed by atoms with Crippen LogP contribution >= 0.6 is 522 Å². The summed E-state index contributed by atoms with van der Waals surface area (Å²) < 4.78 is 0. The monoisotopic (exact) mass is 5090 g/mol. The van der Waals surface area contributed by atoms with E-state index < -0.39 is 150 Å². The summed E-state index contributed by atoms with van der Waals surface area (Å²) in [5, 5.41) is 0. The van der Waals surface area contributed by atoms with Crippen molar-refractivity contribution in [1.82, 2.24) is 0 Å². The van der Waals surface area contributed by atoms with Crippen molar-refractivity contribution < 1.29 is 17.0 Å². The first-order chi connectivity index (χ1) is 18.7. The maximum atomic E-state index is 6.34. The first-order valence-corrected chi connectivity index (χ1v) is 252. The SMILES string of the molecule is [B][I-]I(I)I(I)I(I)I(I)I(I)I(I)I(I)I(I)I(I)I(I)I(I)I(I)I(I)I(I)I(I)I(I)I(I)I(I)I(I)I. The summed E-state index contributed by atoms with van der Waals surface area (Å²) in [6, 6.07) is 0. The number of hydrogen-bond acceptors (Lipinski definition) is 0. The van der Waals surface area contributed by atoms with E-state index in [4.69, 9.17) is 5.70 Å². The van der Waals surface area contributed by atoms with Gasteiger partial charge in [0.25, 0.3) is 0 Å². The van der Waals surface area contributed by atoms with Crippen LogP contribution in [0.1, 0.15) is 0 Å². The number of halogens is 40. The molecule has 0 heterocycles. The first-order valence-electron chi connectivity index (χ1n) is 5.79. The molecule has 0 bridgehead atoms. The molecule has 0 fully saturated rings. The van der Waals surface area contributed by atoms with Crippen molar-refractivity contribution in [2.24, 2.45) is 0 Å². The molecule has 0 nitrogen and oxygen atoms in total.